The minimum atomic E-state index is -1.26. The van der Waals surface area contributed by atoms with Crippen molar-refractivity contribution < 1.29 is 13.9 Å². The fraction of sp³-hybridized carbons (Fsp3) is 0.312. The maximum atomic E-state index is 14.8. The molecule has 1 unspecified atom stereocenters. The number of carbonyl (C=O) groups is 1. The third-order valence-corrected chi connectivity index (χ3v) is 3.95. The number of hydrogen-bond donors (Lipinski definition) is 1. The van der Waals surface area contributed by atoms with Gasteiger partial charge in [0.05, 0.1) is 29.9 Å². The first kappa shape index (κ1) is 18.1. The molecule has 24 heavy (non-hydrogen) atoms. The lowest BCUT2D eigenvalue weighted by Crippen LogP contribution is -2.54. The lowest BCUT2D eigenvalue weighted by molar-refractivity contribution is -0.133. The van der Waals surface area contributed by atoms with Crippen LogP contribution in [0.15, 0.2) is 34.8 Å². The van der Waals surface area contributed by atoms with Crippen LogP contribution in [-0.4, -0.2) is 50.8 Å². The summed E-state index contributed by atoms with van der Waals surface area (Å²) in [5, 5.41) is 0.258. The summed E-state index contributed by atoms with van der Waals surface area (Å²) < 4.78 is 19.5. The molecule has 0 amide bonds. The highest BCUT2D eigenvalue weighted by Gasteiger charge is 2.37. The van der Waals surface area contributed by atoms with Crippen LogP contribution in [0.1, 0.15) is 5.56 Å². The Morgan fingerprint density at radius 2 is 2.21 bits per heavy atom. The number of halogens is 2. The van der Waals surface area contributed by atoms with E-state index < -0.39 is 17.3 Å². The first-order valence-corrected chi connectivity index (χ1v) is 7.43. The summed E-state index contributed by atoms with van der Waals surface area (Å²) >= 11 is 6.04. The van der Waals surface area contributed by atoms with Crippen LogP contribution in [0.2, 0.25) is 5.02 Å². The molecule has 0 saturated heterocycles. The number of ether oxygens (including phenoxy) is 1. The van der Waals surface area contributed by atoms with Crippen LogP contribution < -0.4 is 10.6 Å². The first-order valence-electron chi connectivity index (χ1n) is 7.05. The van der Waals surface area contributed by atoms with Gasteiger partial charge >= 0.3 is 5.97 Å². The molecule has 0 saturated carbocycles. The number of methoxy groups -OCH3 is 1. The predicted molar refractivity (Wildman–Crippen MR) is 93.7 cm³/mol. The molecule has 1 aromatic carbocycles. The molecule has 1 aliphatic rings. The maximum Gasteiger partial charge on any atom is 0.354 e. The highest BCUT2D eigenvalue weighted by atomic mass is 35.5. The van der Waals surface area contributed by atoms with Crippen molar-refractivity contribution in [2.75, 3.05) is 32.6 Å². The number of rotatable bonds is 4. The zero-order chi connectivity index (χ0) is 18.1. The predicted octanol–water partition coefficient (Wildman–Crippen LogP) is 1.80. The van der Waals surface area contributed by atoms with E-state index in [1.165, 1.54) is 19.3 Å². The molecule has 6 nitrogen and oxygen atoms in total. The maximum absolute atomic E-state index is 14.8. The highest BCUT2D eigenvalue weighted by molar-refractivity contribution is 6.43. The van der Waals surface area contributed by atoms with E-state index in [0.29, 0.717) is 0 Å². The number of benzene rings is 1. The number of aliphatic imine (C=N–C) groups is 2. The monoisotopic (exact) mass is 352 g/mol. The van der Waals surface area contributed by atoms with Crippen LogP contribution >= 0.6 is 11.6 Å². The van der Waals surface area contributed by atoms with Crippen molar-refractivity contribution in [2.45, 2.75) is 5.54 Å². The van der Waals surface area contributed by atoms with Crippen molar-refractivity contribution in [3.63, 3.8) is 0 Å². The number of nitrogens with zero attached hydrogens (tertiary/aromatic N) is 3. The Balaban J connectivity index is 2.59. The third-order valence-electron chi connectivity index (χ3n) is 3.65. The van der Waals surface area contributed by atoms with Crippen molar-refractivity contribution in [3.8, 4) is 0 Å². The largest absolute Gasteiger partial charge is 0.464 e. The van der Waals surface area contributed by atoms with Gasteiger partial charge in [-0.05, 0) is 12.1 Å². The molecular formula is C16H18ClFN4O2. The summed E-state index contributed by atoms with van der Waals surface area (Å²) in [7, 11) is 4.55. The molecule has 0 bridgehead atoms. The van der Waals surface area contributed by atoms with E-state index in [-0.39, 0.29) is 34.4 Å². The lowest BCUT2D eigenvalue weighted by Gasteiger charge is -2.28. The zero-order valence-corrected chi connectivity index (χ0v) is 14.4. The van der Waals surface area contributed by atoms with Crippen molar-refractivity contribution in [3.05, 3.63) is 41.2 Å². The van der Waals surface area contributed by atoms with Crippen molar-refractivity contribution in [2.24, 2.45) is 15.7 Å². The number of hydrogen-bond acceptors (Lipinski definition) is 6. The molecular weight excluding hydrogens is 335 g/mol. The van der Waals surface area contributed by atoms with Gasteiger partial charge in [-0.15, -0.1) is 6.58 Å². The summed E-state index contributed by atoms with van der Waals surface area (Å²) in [6.45, 7) is 3.61. The lowest BCUT2D eigenvalue weighted by atomic mass is 9.92. The van der Waals surface area contributed by atoms with E-state index >= 15 is 0 Å². The average molecular weight is 353 g/mol. The Labute approximate surface area is 144 Å². The number of anilines is 1. The first-order chi connectivity index (χ1) is 11.2. The van der Waals surface area contributed by atoms with Gasteiger partial charge in [0.15, 0.2) is 17.4 Å². The fourth-order valence-electron chi connectivity index (χ4n) is 2.29. The summed E-state index contributed by atoms with van der Waals surface area (Å²) in [4.78, 5) is 21.9. The fourth-order valence-corrected chi connectivity index (χ4v) is 2.60. The molecule has 1 heterocycles. The van der Waals surface area contributed by atoms with E-state index in [9.17, 15) is 9.18 Å². The van der Waals surface area contributed by atoms with Gasteiger partial charge in [0.25, 0.3) is 0 Å². The Morgan fingerprint density at radius 3 is 2.75 bits per heavy atom. The molecule has 0 spiro atoms. The Morgan fingerprint density at radius 1 is 1.54 bits per heavy atom. The standard InChI is InChI=1S/C16H18ClFN4O2/c1-5-16(19)8-20-14(21-13(16)15(23)24-4)9-6-7-10(17)12(11(9)18)22(2)3/h5-7H,1,8,19H2,2-4H3. The minimum Gasteiger partial charge on any atom is -0.464 e. The van der Waals surface area contributed by atoms with E-state index in [4.69, 9.17) is 22.1 Å². The SMILES string of the molecule is C=CC1(N)CN=C(c2ccc(Cl)c(N(C)C)c2F)N=C1C(=O)OC. The van der Waals surface area contributed by atoms with Crippen molar-refractivity contribution >= 4 is 34.8 Å². The third kappa shape index (κ3) is 3.05. The van der Waals surface area contributed by atoms with E-state index in [0.717, 1.165) is 0 Å². The second-order valence-corrected chi connectivity index (χ2v) is 5.90. The molecule has 8 heteroatoms. The average Bonchev–Trinajstić information content (AvgIpc) is 2.55. The summed E-state index contributed by atoms with van der Waals surface area (Å²) in [5.74, 6) is -1.25. The number of nitrogens with two attached hydrogens (primary N) is 1. The number of esters is 1. The Kier molecular flexibility index (Phi) is 5.05. The second-order valence-electron chi connectivity index (χ2n) is 5.49. The topological polar surface area (TPSA) is 80.3 Å². The van der Waals surface area contributed by atoms with Gasteiger partial charge in [0.1, 0.15) is 5.54 Å². The van der Waals surface area contributed by atoms with Crippen molar-refractivity contribution in [1.82, 2.24) is 0 Å². The van der Waals surface area contributed by atoms with Crippen molar-refractivity contribution in [1.29, 1.82) is 0 Å². The smallest absolute Gasteiger partial charge is 0.354 e. The Hall–Kier alpha value is -2.25. The van der Waals surface area contributed by atoms with Gasteiger partial charge < -0.3 is 15.4 Å². The molecule has 0 fully saturated rings. The molecule has 2 N–H and O–H groups in total. The van der Waals surface area contributed by atoms with Gasteiger partial charge in [-0.3, -0.25) is 4.99 Å². The number of carbonyl (C=O) groups excluding carboxylic acids is 1. The van der Waals surface area contributed by atoms with Crippen LogP contribution in [0, 0.1) is 5.82 Å². The molecule has 0 aliphatic carbocycles. The summed E-state index contributed by atoms with van der Waals surface area (Å²) in [6, 6.07) is 3.00. The van der Waals surface area contributed by atoms with E-state index in [1.807, 2.05) is 0 Å². The quantitative estimate of drug-likeness (QED) is 0.662. The van der Waals surface area contributed by atoms with E-state index in [2.05, 4.69) is 16.6 Å². The minimum absolute atomic E-state index is 0.000862. The summed E-state index contributed by atoms with van der Waals surface area (Å²) in [6.07, 6.45) is 1.37. The van der Waals surface area contributed by atoms with Gasteiger partial charge in [-0.2, -0.15) is 0 Å². The summed E-state index contributed by atoms with van der Waals surface area (Å²) in [5.41, 5.74) is 5.07. The molecule has 1 aromatic rings. The molecule has 128 valence electrons. The second kappa shape index (κ2) is 6.70. The molecule has 1 aliphatic heterocycles. The van der Waals surface area contributed by atoms with Crippen LogP contribution in [-0.2, 0) is 9.53 Å². The van der Waals surface area contributed by atoms with Gasteiger partial charge in [0.2, 0.25) is 0 Å². The van der Waals surface area contributed by atoms with Crippen LogP contribution in [0.3, 0.4) is 0 Å². The highest BCUT2D eigenvalue weighted by Crippen LogP contribution is 2.31. The molecule has 2 rings (SSSR count). The zero-order valence-electron chi connectivity index (χ0n) is 13.6. The number of amidine groups is 1. The van der Waals surface area contributed by atoms with Gasteiger partial charge in [-0.1, -0.05) is 17.7 Å². The van der Waals surface area contributed by atoms with Crippen LogP contribution in [0.25, 0.3) is 0 Å². The normalized spacial score (nSPS) is 20.1. The van der Waals surface area contributed by atoms with Gasteiger partial charge in [0, 0.05) is 14.1 Å². The van der Waals surface area contributed by atoms with E-state index in [1.54, 1.807) is 25.1 Å². The molecule has 0 radical (unpaired) electrons. The van der Waals surface area contributed by atoms with Crippen LogP contribution in [0.5, 0.6) is 0 Å². The molecule has 0 aromatic heterocycles. The van der Waals surface area contributed by atoms with Crippen LogP contribution in [0.4, 0.5) is 10.1 Å². The van der Waals surface area contributed by atoms with Gasteiger partial charge in [-0.25, -0.2) is 14.2 Å². The molecule has 1 atom stereocenters. The Bertz CT molecular complexity index is 761.